The summed E-state index contributed by atoms with van der Waals surface area (Å²) in [5.74, 6) is 0. The standard InChI is InChI=1S/C62H42N4/c1-61(2)49-27-15-11-23-39(49)43-31-45-41-25-13-17-29-53(41)65(55(45)33-51(43)61)59-47(35-63)58(38-21-9-6-10-22-38)60(48(36-64)57(59)37-19-7-5-8-20-37)66-54-30-18-14-26-42(54)46-32-44-40-24-12-16-28-50(40)62(3,4)52(44)34-56(46)66/h5-34H,1-4H3. The van der Waals surface area contributed by atoms with E-state index in [0.29, 0.717) is 22.5 Å². The lowest BCUT2D eigenvalue weighted by molar-refractivity contribution is 0.661. The number of aromatic nitrogens is 2. The van der Waals surface area contributed by atoms with Crippen molar-refractivity contribution in [2.24, 2.45) is 0 Å². The maximum absolute atomic E-state index is 12.1. The summed E-state index contributed by atoms with van der Waals surface area (Å²) in [6.07, 6.45) is 0. The fourth-order valence-electron chi connectivity index (χ4n) is 12.0. The van der Waals surface area contributed by atoms with Gasteiger partial charge in [-0.2, -0.15) is 10.5 Å². The molecule has 66 heavy (non-hydrogen) atoms. The van der Waals surface area contributed by atoms with Gasteiger partial charge in [0.1, 0.15) is 12.1 Å². The van der Waals surface area contributed by atoms with Gasteiger partial charge in [0.15, 0.2) is 0 Å². The number of benzene rings is 9. The lowest BCUT2D eigenvalue weighted by Crippen LogP contribution is -2.15. The Hall–Kier alpha value is -8.44. The maximum Gasteiger partial charge on any atom is 0.102 e. The Bertz CT molecular complexity index is 3730. The van der Waals surface area contributed by atoms with Gasteiger partial charge in [-0.3, -0.25) is 0 Å². The lowest BCUT2D eigenvalue weighted by atomic mass is 9.82. The average molecular weight is 843 g/mol. The van der Waals surface area contributed by atoms with Crippen molar-refractivity contribution in [2.75, 3.05) is 0 Å². The van der Waals surface area contributed by atoms with Crippen LogP contribution in [0.3, 0.4) is 0 Å². The second-order valence-electron chi connectivity index (χ2n) is 19.0. The van der Waals surface area contributed by atoms with Crippen molar-refractivity contribution < 1.29 is 0 Å². The van der Waals surface area contributed by atoms with Crippen molar-refractivity contribution in [3.8, 4) is 68.0 Å². The second kappa shape index (κ2) is 13.5. The molecular formula is C62H42N4. The molecule has 2 aromatic heterocycles. The van der Waals surface area contributed by atoms with Gasteiger partial charge < -0.3 is 9.13 Å². The van der Waals surface area contributed by atoms with Crippen LogP contribution in [0.15, 0.2) is 182 Å². The molecule has 2 heterocycles. The molecule has 310 valence electrons. The summed E-state index contributed by atoms with van der Waals surface area (Å²) in [7, 11) is 0. The van der Waals surface area contributed by atoms with Crippen LogP contribution < -0.4 is 0 Å². The van der Waals surface area contributed by atoms with Crippen LogP contribution in [0.25, 0.3) is 99.5 Å². The number of hydrogen-bond donors (Lipinski definition) is 0. The number of rotatable bonds is 4. The normalized spacial score (nSPS) is 14.0. The SMILES string of the molecule is CC1(C)c2ccccc2-c2cc3c4ccccc4n(-c4c(C#N)c(-c5ccccc5)c(-n5c6ccccc6c6cc7c(cc65)C(C)(C)c5ccccc5-7)c(C#N)c4-c4ccccc4)c3cc21. The summed E-state index contributed by atoms with van der Waals surface area (Å²) in [6, 6.07) is 70.1. The second-order valence-corrected chi connectivity index (χ2v) is 19.0. The van der Waals surface area contributed by atoms with Crippen LogP contribution in [0.5, 0.6) is 0 Å². The van der Waals surface area contributed by atoms with Gasteiger partial charge in [-0.25, -0.2) is 0 Å². The van der Waals surface area contributed by atoms with Crippen LogP contribution in [0.4, 0.5) is 0 Å². The molecule has 2 aliphatic carbocycles. The van der Waals surface area contributed by atoms with E-state index >= 15 is 0 Å². The molecule has 0 saturated carbocycles. The Labute approximate surface area is 383 Å². The first kappa shape index (κ1) is 38.1. The van der Waals surface area contributed by atoms with Crippen molar-refractivity contribution >= 4 is 43.6 Å². The van der Waals surface area contributed by atoms with Crippen LogP contribution >= 0.6 is 0 Å². The van der Waals surface area contributed by atoms with Gasteiger partial charge in [0.2, 0.25) is 0 Å². The predicted molar refractivity (Wildman–Crippen MR) is 271 cm³/mol. The molecule has 2 aliphatic rings. The summed E-state index contributed by atoms with van der Waals surface area (Å²) in [5, 5.41) is 28.5. The van der Waals surface area contributed by atoms with E-state index in [0.717, 1.165) is 65.9 Å². The Kier molecular flexibility index (Phi) is 7.81. The van der Waals surface area contributed by atoms with Crippen LogP contribution in [-0.2, 0) is 10.8 Å². The van der Waals surface area contributed by atoms with Crippen LogP contribution in [0.2, 0.25) is 0 Å². The molecule has 0 fully saturated rings. The first-order chi connectivity index (χ1) is 32.2. The summed E-state index contributed by atoms with van der Waals surface area (Å²) < 4.78 is 4.58. The van der Waals surface area contributed by atoms with E-state index in [9.17, 15) is 10.5 Å². The highest BCUT2D eigenvalue weighted by molar-refractivity contribution is 6.15. The molecule has 0 aliphatic heterocycles. The molecule has 0 saturated heterocycles. The molecule has 13 rings (SSSR count). The zero-order chi connectivity index (χ0) is 44.6. The summed E-state index contributed by atoms with van der Waals surface area (Å²) >= 11 is 0. The van der Waals surface area contributed by atoms with Gasteiger partial charge in [0.05, 0.1) is 44.6 Å². The van der Waals surface area contributed by atoms with Gasteiger partial charge in [0.25, 0.3) is 0 Å². The molecule has 4 heteroatoms. The van der Waals surface area contributed by atoms with Crippen LogP contribution in [0.1, 0.15) is 61.1 Å². The smallest absolute Gasteiger partial charge is 0.102 e. The Morgan fingerprint density at radius 1 is 0.348 bits per heavy atom. The highest BCUT2D eigenvalue weighted by Crippen LogP contribution is 2.55. The molecule has 0 spiro atoms. The largest absolute Gasteiger partial charge is 0.307 e. The van der Waals surface area contributed by atoms with Crippen molar-refractivity contribution in [3.63, 3.8) is 0 Å². The van der Waals surface area contributed by atoms with Crippen LogP contribution in [0, 0.1) is 22.7 Å². The lowest BCUT2D eigenvalue weighted by Gasteiger charge is -2.26. The van der Waals surface area contributed by atoms with E-state index in [-0.39, 0.29) is 10.8 Å². The molecule has 11 aromatic rings. The van der Waals surface area contributed by atoms with E-state index < -0.39 is 0 Å². The minimum absolute atomic E-state index is 0.259. The first-order valence-electron chi connectivity index (χ1n) is 22.7. The number of para-hydroxylation sites is 2. The van der Waals surface area contributed by atoms with Gasteiger partial charge >= 0.3 is 0 Å². The van der Waals surface area contributed by atoms with E-state index in [1.165, 1.54) is 44.5 Å². The minimum Gasteiger partial charge on any atom is -0.307 e. The Morgan fingerprint density at radius 3 is 1.12 bits per heavy atom. The zero-order valence-corrected chi connectivity index (χ0v) is 37.1. The molecule has 0 bridgehead atoms. The third-order valence-electron chi connectivity index (χ3n) is 15.0. The highest BCUT2D eigenvalue weighted by atomic mass is 15.0. The number of nitrogens with zero attached hydrogens (tertiary/aromatic N) is 4. The van der Waals surface area contributed by atoms with Crippen molar-refractivity contribution in [2.45, 2.75) is 38.5 Å². The molecular weight excluding hydrogens is 801 g/mol. The molecule has 0 atom stereocenters. The zero-order valence-electron chi connectivity index (χ0n) is 37.1. The summed E-state index contributed by atoms with van der Waals surface area (Å²) in [5.41, 5.74) is 19.0. The molecule has 0 radical (unpaired) electrons. The number of hydrogen-bond acceptors (Lipinski definition) is 2. The maximum atomic E-state index is 12.1. The Balaban J connectivity index is 1.24. The monoisotopic (exact) mass is 842 g/mol. The van der Waals surface area contributed by atoms with Gasteiger partial charge in [-0.1, -0.05) is 173 Å². The van der Waals surface area contributed by atoms with Crippen molar-refractivity contribution in [1.82, 2.24) is 9.13 Å². The van der Waals surface area contributed by atoms with Gasteiger partial charge in [0, 0.05) is 43.5 Å². The fourth-order valence-corrected chi connectivity index (χ4v) is 12.0. The van der Waals surface area contributed by atoms with E-state index in [1.807, 2.05) is 36.4 Å². The molecule has 9 aromatic carbocycles. The summed E-state index contributed by atoms with van der Waals surface area (Å²) in [6.45, 7) is 9.24. The topological polar surface area (TPSA) is 57.4 Å². The molecule has 0 unspecified atom stereocenters. The number of fused-ring (bicyclic) bond motifs is 12. The third kappa shape index (κ3) is 4.91. The third-order valence-corrected chi connectivity index (χ3v) is 15.0. The molecule has 0 amide bonds. The van der Waals surface area contributed by atoms with E-state index in [4.69, 9.17) is 0 Å². The van der Waals surface area contributed by atoms with Gasteiger partial charge in [-0.15, -0.1) is 0 Å². The van der Waals surface area contributed by atoms with E-state index in [1.54, 1.807) is 0 Å². The Morgan fingerprint density at radius 2 is 0.712 bits per heavy atom. The molecule has 4 nitrogen and oxygen atoms in total. The van der Waals surface area contributed by atoms with Crippen molar-refractivity contribution in [1.29, 1.82) is 10.5 Å². The highest BCUT2D eigenvalue weighted by Gasteiger charge is 2.39. The average Bonchev–Trinajstić information content (AvgIpc) is 4.00. The van der Waals surface area contributed by atoms with Crippen molar-refractivity contribution in [3.05, 3.63) is 215 Å². The summed E-state index contributed by atoms with van der Waals surface area (Å²) in [4.78, 5) is 0. The molecule has 0 N–H and O–H groups in total. The predicted octanol–water partition coefficient (Wildman–Crippen LogP) is 15.6. The fraction of sp³-hybridized carbons (Fsp3) is 0.0968. The minimum atomic E-state index is -0.259. The first-order valence-corrected chi connectivity index (χ1v) is 22.7. The van der Waals surface area contributed by atoms with E-state index in [2.05, 4.69) is 195 Å². The number of nitriles is 2. The quantitative estimate of drug-likeness (QED) is 0.177. The van der Waals surface area contributed by atoms with Gasteiger partial charge in [-0.05, 0) is 92.0 Å². The van der Waals surface area contributed by atoms with Crippen LogP contribution in [-0.4, -0.2) is 9.13 Å².